The van der Waals surface area contributed by atoms with Crippen molar-refractivity contribution < 1.29 is 35.4 Å². The molecule has 37 heavy (non-hydrogen) atoms. The molecule has 0 fully saturated rings. The summed E-state index contributed by atoms with van der Waals surface area (Å²) in [6.45, 7) is 1.88. The molecule has 0 spiro atoms. The Morgan fingerprint density at radius 1 is 0.865 bits per heavy atom. The average Bonchev–Trinajstić information content (AvgIpc) is 2.84. The van der Waals surface area contributed by atoms with Gasteiger partial charge in [0.15, 0.2) is 16.6 Å². The standard InChI is InChI=1S/C26H23N3O4S.3H2O/c1-16-6-4-5-7-19(16)25(30)29-26(34)28-17-8-10-18(11-9-17)33-22-12-13-27-21-15-24(32-3)23(31-2)14-20(21)22;;;/h4-15H,1-3H3,(H2,28,29,30,34);3*1H2. The molecule has 8 N–H and O–H groups in total. The van der Waals surface area contributed by atoms with Crippen molar-refractivity contribution in [2.75, 3.05) is 19.5 Å². The van der Waals surface area contributed by atoms with Gasteiger partial charge in [-0.15, -0.1) is 0 Å². The summed E-state index contributed by atoms with van der Waals surface area (Å²) in [7, 11) is 3.17. The van der Waals surface area contributed by atoms with Crippen LogP contribution in [0.15, 0.2) is 72.9 Å². The number of hydrogen-bond donors (Lipinski definition) is 2. The van der Waals surface area contributed by atoms with E-state index in [9.17, 15) is 4.79 Å². The van der Waals surface area contributed by atoms with E-state index in [0.717, 1.165) is 16.5 Å². The Morgan fingerprint density at radius 3 is 2.16 bits per heavy atom. The fraction of sp³-hybridized carbons (Fsp3) is 0.115. The molecule has 1 heterocycles. The summed E-state index contributed by atoms with van der Waals surface area (Å²) in [4.78, 5) is 16.8. The number of pyridine rings is 1. The van der Waals surface area contributed by atoms with Gasteiger partial charge in [0.05, 0.1) is 19.7 Å². The number of nitrogens with one attached hydrogen (secondary N) is 2. The zero-order valence-corrected chi connectivity index (χ0v) is 21.2. The molecule has 196 valence electrons. The minimum atomic E-state index is -0.257. The summed E-state index contributed by atoms with van der Waals surface area (Å²) in [6.07, 6.45) is 1.68. The largest absolute Gasteiger partial charge is 0.493 e. The maximum absolute atomic E-state index is 12.4. The van der Waals surface area contributed by atoms with Crippen molar-refractivity contribution in [3.63, 3.8) is 0 Å². The number of anilines is 1. The van der Waals surface area contributed by atoms with Crippen LogP contribution >= 0.6 is 12.2 Å². The summed E-state index contributed by atoms with van der Waals surface area (Å²) in [6, 6.07) is 20.0. The van der Waals surface area contributed by atoms with Crippen molar-refractivity contribution in [2.24, 2.45) is 0 Å². The predicted molar refractivity (Wildman–Crippen MR) is 147 cm³/mol. The number of amides is 1. The second-order valence-electron chi connectivity index (χ2n) is 7.38. The van der Waals surface area contributed by atoms with Gasteiger partial charge in [-0.2, -0.15) is 0 Å². The Labute approximate surface area is 219 Å². The van der Waals surface area contributed by atoms with Crippen LogP contribution < -0.4 is 24.8 Å². The number of aromatic nitrogens is 1. The molecule has 10 nitrogen and oxygen atoms in total. The van der Waals surface area contributed by atoms with Gasteiger partial charge in [0.2, 0.25) is 0 Å². The molecule has 0 atom stereocenters. The Balaban J connectivity index is 0.00000228. The maximum Gasteiger partial charge on any atom is 0.257 e. The third kappa shape index (κ3) is 7.12. The number of methoxy groups -OCH3 is 2. The van der Waals surface area contributed by atoms with E-state index in [0.29, 0.717) is 34.2 Å². The van der Waals surface area contributed by atoms with Crippen LogP contribution in [0, 0.1) is 6.92 Å². The summed E-state index contributed by atoms with van der Waals surface area (Å²) in [5, 5.41) is 6.72. The predicted octanol–water partition coefficient (Wildman–Crippen LogP) is 3.01. The Bertz CT molecular complexity index is 1360. The van der Waals surface area contributed by atoms with Crippen LogP contribution in [0.1, 0.15) is 15.9 Å². The molecule has 4 aromatic rings. The van der Waals surface area contributed by atoms with E-state index < -0.39 is 0 Å². The second-order valence-corrected chi connectivity index (χ2v) is 7.79. The lowest BCUT2D eigenvalue weighted by Crippen LogP contribution is -2.34. The molecule has 0 saturated carbocycles. The van der Waals surface area contributed by atoms with E-state index in [4.69, 9.17) is 26.4 Å². The molecule has 4 rings (SSSR count). The Kier molecular flexibility index (Phi) is 11.4. The monoisotopic (exact) mass is 527 g/mol. The molecule has 0 saturated heterocycles. The number of ether oxygens (including phenoxy) is 3. The Morgan fingerprint density at radius 2 is 1.51 bits per heavy atom. The lowest BCUT2D eigenvalue weighted by Gasteiger charge is -2.13. The minimum Gasteiger partial charge on any atom is -0.493 e. The highest BCUT2D eigenvalue weighted by Crippen LogP contribution is 2.36. The lowest BCUT2D eigenvalue weighted by molar-refractivity contribution is 0.0977. The zero-order chi connectivity index (χ0) is 24.1. The summed E-state index contributed by atoms with van der Waals surface area (Å²) >= 11 is 5.29. The quantitative estimate of drug-likeness (QED) is 0.362. The molecule has 1 amide bonds. The number of nitrogens with zero attached hydrogens (tertiary/aromatic N) is 1. The average molecular weight is 528 g/mol. The molecule has 1 aromatic heterocycles. The first kappa shape index (κ1) is 30.7. The zero-order valence-electron chi connectivity index (χ0n) is 20.4. The number of benzene rings is 3. The van der Waals surface area contributed by atoms with Gasteiger partial charge in [0.1, 0.15) is 11.5 Å². The van der Waals surface area contributed by atoms with Gasteiger partial charge in [-0.1, -0.05) is 18.2 Å². The fourth-order valence-corrected chi connectivity index (χ4v) is 3.64. The van der Waals surface area contributed by atoms with Crippen molar-refractivity contribution in [2.45, 2.75) is 6.92 Å². The number of carbonyl (C=O) groups excluding carboxylic acids is 1. The molecule has 0 bridgehead atoms. The van der Waals surface area contributed by atoms with Gasteiger partial charge in [-0.3, -0.25) is 15.1 Å². The van der Waals surface area contributed by atoms with Crippen LogP contribution in [0.5, 0.6) is 23.0 Å². The highest BCUT2D eigenvalue weighted by Gasteiger charge is 2.12. The lowest BCUT2D eigenvalue weighted by atomic mass is 10.1. The number of carbonyl (C=O) groups is 1. The van der Waals surface area contributed by atoms with E-state index >= 15 is 0 Å². The third-order valence-electron chi connectivity index (χ3n) is 5.16. The first-order valence-corrected chi connectivity index (χ1v) is 10.9. The summed E-state index contributed by atoms with van der Waals surface area (Å²) in [5.74, 6) is 2.19. The first-order chi connectivity index (χ1) is 16.5. The van der Waals surface area contributed by atoms with Crippen molar-refractivity contribution in [3.8, 4) is 23.0 Å². The van der Waals surface area contributed by atoms with E-state index in [1.165, 1.54) is 0 Å². The molecular weight excluding hydrogens is 498 g/mol. The fourth-order valence-electron chi connectivity index (χ4n) is 3.43. The van der Waals surface area contributed by atoms with Crippen LogP contribution in [0.4, 0.5) is 5.69 Å². The molecule has 0 aliphatic rings. The Hall–Kier alpha value is -4.29. The van der Waals surface area contributed by atoms with Crippen molar-refractivity contribution in [1.29, 1.82) is 0 Å². The highest BCUT2D eigenvalue weighted by molar-refractivity contribution is 7.80. The van der Waals surface area contributed by atoms with Gasteiger partial charge in [0.25, 0.3) is 5.91 Å². The van der Waals surface area contributed by atoms with Crippen LogP contribution in [-0.2, 0) is 0 Å². The SMILES string of the molecule is COc1cc2nccc(Oc3ccc(NC(=S)NC(=O)c4ccccc4C)cc3)c2cc1OC.O.O.O. The normalized spacial score (nSPS) is 9.59. The van der Waals surface area contributed by atoms with Crippen LogP contribution in [0.3, 0.4) is 0 Å². The van der Waals surface area contributed by atoms with Gasteiger partial charge >= 0.3 is 0 Å². The van der Waals surface area contributed by atoms with E-state index in [2.05, 4.69) is 15.6 Å². The van der Waals surface area contributed by atoms with E-state index in [-0.39, 0.29) is 27.4 Å². The summed E-state index contributed by atoms with van der Waals surface area (Å²) < 4.78 is 16.9. The third-order valence-corrected chi connectivity index (χ3v) is 5.37. The molecule has 0 aliphatic carbocycles. The van der Waals surface area contributed by atoms with Gasteiger partial charge in [-0.25, -0.2) is 0 Å². The van der Waals surface area contributed by atoms with Crippen LogP contribution in [0.25, 0.3) is 10.9 Å². The second kappa shape index (κ2) is 13.7. The van der Waals surface area contributed by atoms with E-state index in [1.807, 2.05) is 43.3 Å². The number of thiocarbonyl (C=S) groups is 1. The minimum absolute atomic E-state index is 0. The van der Waals surface area contributed by atoms with Crippen molar-refractivity contribution >= 4 is 39.8 Å². The summed E-state index contributed by atoms with van der Waals surface area (Å²) in [5.41, 5.74) is 2.90. The van der Waals surface area contributed by atoms with Crippen LogP contribution in [0.2, 0.25) is 0 Å². The molecule has 0 aliphatic heterocycles. The first-order valence-electron chi connectivity index (χ1n) is 10.4. The number of hydrogen-bond acceptors (Lipinski definition) is 6. The van der Waals surface area contributed by atoms with Crippen molar-refractivity contribution in [3.05, 3.63) is 84.1 Å². The smallest absolute Gasteiger partial charge is 0.257 e. The molecule has 0 unspecified atom stereocenters. The van der Waals surface area contributed by atoms with Gasteiger partial charge in [-0.05, 0) is 67.2 Å². The van der Waals surface area contributed by atoms with Gasteiger partial charge < -0.3 is 36.0 Å². The van der Waals surface area contributed by atoms with Crippen LogP contribution in [-0.4, -0.2) is 46.7 Å². The molecule has 3 aromatic carbocycles. The number of fused-ring (bicyclic) bond motifs is 1. The number of aryl methyl sites for hydroxylation is 1. The maximum atomic E-state index is 12.4. The topological polar surface area (TPSA) is 176 Å². The molecule has 0 radical (unpaired) electrons. The number of rotatable bonds is 6. The molecular formula is C26H29N3O7S. The van der Waals surface area contributed by atoms with Gasteiger partial charge in [0, 0.05) is 28.9 Å². The van der Waals surface area contributed by atoms with E-state index in [1.54, 1.807) is 50.7 Å². The van der Waals surface area contributed by atoms with Crippen molar-refractivity contribution in [1.82, 2.24) is 10.3 Å². The highest BCUT2D eigenvalue weighted by atomic mass is 32.1. The molecule has 11 heteroatoms.